The lowest BCUT2D eigenvalue weighted by molar-refractivity contribution is -0.151. The van der Waals surface area contributed by atoms with Crippen LogP contribution in [0, 0.1) is 5.92 Å². The summed E-state index contributed by atoms with van der Waals surface area (Å²) in [6, 6.07) is -0.616. The summed E-state index contributed by atoms with van der Waals surface area (Å²) in [7, 11) is 0. The van der Waals surface area contributed by atoms with Crippen LogP contribution in [-0.4, -0.2) is 21.6 Å². The van der Waals surface area contributed by atoms with E-state index in [0.717, 1.165) is 29.7 Å². The van der Waals surface area contributed by atoms with Crippen molar-refractivity contribution < 1.29 is 9.53 Å². The second kappa shape index (κ2) is 6.67. The fourth-order valence-electron chi connectivity index (χ4n) is 3.35. The van der Waals surface area contributed by atoms with Crippen molar-refractivity contribution in [2.75, 3.05) is 0 Å². The van der Waals surface area contributed by atoms with Gasteiger partial charge in [-0.1, -0.05) is 13.8 Å². The molecular weight excluding hydrogens is 324 g/mol. The SMILES string of the molecule is CC[C@H](C(=O)OC(C)C)n1cnc2sc3c(c2c1=O)CC[C@H](C)C3. The van der Waals surface area contributed by atoms with Crippen molar-refractivity contribution in [3.8, 4) is 0 Å². The zero-order chi connectivity index (χ0) is 17.4. The first-order valence-corrected chi connectivity index (χ1v) is 9.45. The monoisotopic (exact) mass is 348 g/mol. The molecule has 1 aliphatic carbocycles. The summed E-state index contributed by atoms with van der Waals surface area (Å²) in [6.07, 6.45) is 4.84. The number of hydrogen-bond donors (Lipinski definition) is 0. The zero-order valence-electron chi connectivity index (χ0n) is 14.7. The molecule has 2 heterocycles. The van der Waals surface area contributed by atoms with Crippen molar-refractivity contribution in [1.29, 1.82) is 0 Å². The standard InChI is InChI=1S/C18H24N2O3S/c1-5-13(18(22)23-10(2)3)20-9-19-16-15(17(20)21)12-7-6-11(4)8-14(12)24-16/h9-11,13H,5-8H2,1-4H3/t11-,13+/m0/s1. The number of esters is 1. The smallest absolute Gasteiger partial charge is 0.329 e. The Morgan fingerprint density at radius 1 is 1.50 bits per heavy atom. The van der Waals surface area contributed by atoms with E-state index in [1.54, 1.807) is 11.3 Å². The van der Waals surface area contributed by atoms with Crippen LogP contribution in [0.2, 0.25) is 0 Å². The first-order chi connectivity index (χ1) is 11.4. The van der Waals surface area contributed by atoms with Crippen LogP contribution >= 0.6 is 11.3 Å². The van der Waals surface area contributed by atoms with Gasteiger partial charge in [0.25, 0.3) is 5.56 Å². The molecule has 0 fully saturated rings. The van der Waals surface area contributed by atoms with E-state index in [1.165, 1.54) is 15.8 Å². The summed E-state index contributed by atoms with van der Waals surface area (Å²) >= 11 is 1.62. The van der Waals surface area contributed by atoms with Crippen molar-refractivity contribution in [2.24, 2.45) is 5.92 Å². The topological polar surface area (TPSA) is 61.2 Å². The highest BCUT2D eigenvalue weighted by atomic mass is 32.1. The van der Waals surface area contributed by atoms with Crippen LogP contribution in [0.25, 0.3) is 10.2 Å². The highest BCUT2D eigenvalue weighted by Gasteiger charge is 2.27. The third kappa shape index (κ3) is 2.99. The highest BCUT2D eigenvalue weighted by Crippen LogP contribution is 2.35. The second-order valence-electron chi connectivity index (χ2n) is 6.90. The number of rotatable bonds is 4. The maximum Gasteiger partial charge on any atom is 0.329 e. The molecule has 5 nitrogen and oxygen atoms in total. The molecule has 3 rings (SSSR count). The molecular formula is C18H24N2O3S. The molecule has 0 aromatic carbocycles. The van der Waals surface area contributed by atoms with Gasteiger partial charge in [0.1, 0.15) is 10.9 Å². The number of fused-ring (bicyclic) bond motifs is 3. The Morgan fingerprint density at radius 3 is 2.92 bits per heavy atom. The lowest BCUT2D eigenvalue weighted by Crippen LogP contribution is -2.32. The van der Waals surface area contributed by atoms with E-state index in [9.17, 15) is 9.59 Å². The number of hydrogen-bond acceptors (Lipinski definition) is 5. The molecule has 2 atom stereocenters. The highest BCUT2D eigenvalue weighted by molar-refractivity contribution is 7.18. The molecule has 0 spiro atoms. The van der Waals surface area contributed by atoms with Crippen molar-refractivity contribution in [3.63, 3.8) is 0 Å². The number of thiophene rings is 1. The van der Waals surface area contributed by atoms with Gasteiger partial charge in [0.15, 0.2) is 0 Å². The van der Waals surface area contributed by atoms with E-state index in [4.69, 9.17) is 4.74 Å². The van der Waals surface area contributed by atoms with Gasteiger partial charge in [-0.25, -0.2) is 9.78 Å². The van der Waals surface area contributed by atoms with Crippen LogP contribution in [0.4, 0.5) is 0 Å². The van der Waals surface area contributed by atoms with Gasteiger partial charge in [0, 0.05) is 4.88 Å². The second-order valence-corrected chi connectivity index (χ2v) is 7.98. The van der Waals surface area contributed by atoms with Crippen molar-refractivity contribution >= 4 is 27.5 Å². The molecule has 0 saturated heterocycles. The summed E-state index contributed by atoms with van der Waals surface area (Å²) in [5.41, 5.74) is 1.03. The Labute approximate surface area is 145 Å². The molecule has 6 heteroatoms. The van der Waals surface area contributed by atoms with Crippen LogP contribution in [0.5, 0.6) is 0 Å². The van der Waals surface area contributed by atoms with E-state index >= 15 is 0 Å². The van der Waals surface area contributed by atoms with Crippen LogP contribution in [0.1, 0.15) is 57.0 Å². The number of carbonyl (C=O) groups is 1. The van der Waals surface area contributed by atoms with Gasteiger partial charge in [0.05, 0.1) is 17.8 Å². The zero-order valence-corrected chi connectivity index (χ0v) is 15.5. The molecule has 0 saturated carbocycles. The van der Waals surface area contributed by atoms with E-state index in [1.807, 2.05) is 20.8 Å². The van der Waals surface area contributed by atoms with E-state index in [-0.39, 0.29) is 17.6 Å². The molecule has 130 valence electrons. The number of aryl methyl sites for hydroxylation is 1. The quantitative estimate of drug-likeness (QED) is 0.794. The summed E-state index contributed by atoms with van der Waals surface area (Å²) in [5.74, 6) is 0.283. The molecule has 0 N–H and O–H groups in total. The summed E-state index contributed by atoms with van der Waals surface area (Å²) < 4.78 is 6.77. The normalized spacial score (nSPS) is 18.6. The summed E-state index contributed by atoms with van der Waals surface area (Å²) in [5, 5.41) is 0.709. The van der Waals surface area contributed by atoms with Gasteiger partial charge in [-0.15, -0.1) is 11.3 Å². The van der Waals surface area contributed by atoms with E-state index in [0.29, 0.717) is 17.7 Å². The fraction of sp³-hybridized carbons (Fsp3) is 0.611. The maximum atomic E-state index is 13.1. The third-order valence-electron chi connectivity index (χ3n) is 4.59. The predicted octanol–water partition coefficient (Wildman–Crippen LogP) is 3.49. The predicted molar refractivity (Wildman–Crippen MR) is 95.6 cm³/mol. The van der Waals surface area contributed by atoms with E-state index < -0.39 is 6.04 Å². The van der Waals surface area contributed by atoms with Gasteiger partial charge in [-0.3, -0.25) is 9.36 Å². The molecule has 0 bridgehead atoms. The lowest BCUT2D eigenvalue weighted by atomic mass is 9.89. The van der Waals surface area contributed by atoms with Crippen LogP contribution in [-0.2, 0) is 22.4 Å². The Kier molecular flexibility index (Phi) is 4.76. The number of aromatic nitrogens is 2. The lowest BCUT2D eigenvalue weighted by Gasteiger charge is -2.19. The minimum atomic E-state index is -0.616. The minimum Gasteiger partial charge on any atom is -0.461 e. The first kappa shape index (κ1) is 17.1. The van der Waals surface area contributed by atoms with Gasteiger partial charge in [-0.05, 0) is 51.0 Å². The molecule has 0 amide bonds. The molecule has 2 aromatic rings. The van der Waals surface area contributed by atoms with Gasteiger partial charge < -0.3 is 4.74 Å². The molecule has 0 radical (unpaired) electrons. The molecule has 24 heavy (non-hydrogen) atoms. The van der Waals surface area contributed by atoms with Crippen LogP contribution < -0.4 is 5.56 Å². The Balaban J connectivity index is 2.08. The van der Waals surface area contributed by atoms with Crippen molar-refractivity contribution in [2.45, 2.75) is 65.5 Å². The van der Waals surface area contributed by atoms with E-state index in [2.05, 4.69) is 11.9 Å². The van der Waals surface area contributed by atoms with Gasteiger partial charge in [0.2, 0.25) is 0 Å². The molecule has 2 aromatic heterocycles. The third-order valence-corrected chi connectivity index (χ3v) is 5.75. The van der Waals surface area contributed by atoms with Crippen LogP contribution in [0.3, 0.4) is 0 Å². The Hall–Kier alpha value is -1.69. The maximum absolute atomic E-state index is 13.1. The molecule has 0 unspecified atom stereocenters. The average Bonchev–Trinajstić information content (AvgIpc) is 2.87. The Bertz CT molecular complexity index is 822. The van der Waals surface area contributed by atoms with Crippen LogP contribution in [0.15, 0.2) is 11.1 Å². The van der Waals surface area contributed by atoms with Gasteiger partial charge in [-0.2, -0.15) is 0 Å². The summed E-state index contributed by atoms with van der Waals surface area (Å²) in [6.45, 7) is 7.75. The molecule has 1 aliphatic rings. The average molecular weight is 348 g/mol. The first-order valence-electron chi connectivity index (χ1n) is 8.64. The number of nitrogens with zero attached hydrogens (tertiary/aromatic N) is 2. The fourth-order valence-corrected chi connectivity index (χ4v) is 4.69. The minimum absolute atomic E-state index is 0.111. The molecule has 0 aliphatic heterocycles. The van der Waals surface area contributed by atoms with Crippen molar-refractivity contribution in [1.82, 2.24) is 9.55 Å². The summed E-state index contributed by atoms with van der Waals surface area (Å²) in [4.78, 5) is 31.9. The largest absolute Gasteiger partial charge is 0.461 e. The number of carbonyl (C=O) groups excluding carboxylic acids is 1. The number of ether oxygens (including phenoxy) is 1. The van der Waals surface area contributed by atoms with Gasteiger partial charge >= 0.3 is 5.97 Å². The Morgan fingerprint density at radius 2 is 2.25 bits per heavy atom. The van der Waals surface area contributed by atoms with Crippen molar-refractivity contribution in [3.05, 3.63) is 27.1 Å².